The van der Waals surface area contributed by atoms with E-state index in [1.807, 2.05) is 44.2 Å². The summed E-state index contributed by atoms with van der Waals surface area (Å²) in [5.74, 6) is -0.313. The molecule has 0 saturated heterocycles. The quantitative estimate of drug-likeness (QED) is 0.499. The lowest BCUT2D eigenvalue weighted by Crippen LogP contribution is -2.41. The first kappa shape index (κ1) is 21.1. The molecular formula is C23H20ClN3O3S. The van der Waals surface area contributed by atoms with Crippen LogP contribution in [0.2, 0.25) is 5.02 Å². The Hall–Kier alpha value is -3.16. The molecule has 2 heterocycles. The molecule has 2 aromatic carbocycles. The number of thiophene rings is 1. The maximum Gasteiger partial charge on any atom is 0.337 e. The molecule has 0 radical (unpaired) electrons. The van der Waals surface area contributed by atoms with Crippen LogP contribution in [0.4, 0.5) is 0 Å². The van der Waals surface area contributed by atoms with Gasteiger partial charge in [0.25, 0.3) is 5.56 Å². The Labute approximate surface area is 187 Å². The zero-order chi connectivity index (χ0) is 22.1. The molecular weight excluding hydrogens is 434 g/mol. The topological polar surface area (TPSA) is 73.1 Å². The third-order valence-corrected chi connectivity index (χ3v) is 6.62. The highest BCUT2D eigenvalue weighted by Crippen LogP contribution is 2.27. The van der Waals surface area contributed by atoms with Crippen LogP contribution in [0.3, 0.4) is 0 Å². The summed E-state index contributed by atoms with van der Waals surface area (Å²) in [6, 6.07) is 16.1. The van der Waals surface area contributed by atoms with E-state index in [1.54, 1.807) is 24.3 Å². The molecule has 6 nitrogen and oxygen atoms in total. The second-order valence-corrected chi connectivity index (χ2v) is 8.85. The Bertz CT molecular complexity index is 1400. The van der Waals surface area contributed by atoms with Crippen LogP contribution in [0.15, 0.2) is 64.2 Å². The molecule has 0 atom stereocenters. The molecule has 4 aromatic rings. The molecule has 8 heteroatoms. The van der Waals surface area contributed by atoms with Gasteiger partial charge in [-0.2, -0.15) is 0 Å². The summed E-state index contributed by atoms with van der Waals surface area (Å²) in [4.78, 5) is 40.7. The van der Waals surface area contributed by atoms with Gasteiger partial charge >= 0.3 is 5.69 Å². The van der Waals surface area contributed by atoms with Crippen molar-refractivity contribution in [3.8, 4) is 5.69 Å². The van der Waals surface area contributed by atoms with Gasteiger partial charge in [0, 0.05) is 16.4 Å². The van der Waals surface area contributed by atoms with Crippen LogP contribution in [0.1, 0.15) is 16.0 Å². The summed E-state index contributed by atoms with van der Waals surface area (Å²) in [6.45, 7) is 3.91. The Morgan fingerprint density at radius 1 is 1.06 bits per heavy atom. The van der Waals surface area contributed by atoms with E-state index in [1.165, 1.54) is 15.9 Å². The van der Waals surface area contributed by atoms with Crippen LogP contribution in [-0.4, -0.2) is 15.0 Å². The van der Waals surface area contributed by atoms with Gasteiger partial charge in [-0.05, 0) is 43.2 Å². The number of halogens is 1. The van der Waals surface area contributed by atoms with Gasteiger partial charge in [-0.1, -0.05) is 48.0 Å². The number of rotatable bonds is 5. The number of fused-ring (bicyclic) bond motifs is 1. The summed E-state index contributed by atoms with van der Waals surface area (Å²) in [5.41, 5.74) is 1.14. The fourth-order valence-electron chi connectivity index (χ4n) is 3.44. The smallest absolute Gasteiger partial charge is 0.337 e. The van der Waals surface area contributed by atoms with Gasteiger partial charge in [0.15, 0.2) is 0 Å². The molecule has 31 heavy (non-hydrogen) atoms. The number of nitrogens with one attached hydrogen (secondary N) is 1. The van der Waals surface area contributed by atoms with Gasteiger partial charge < -0.3 is 5.32 Å². The number of carbonyl (C=O) groups is 1. The molecule has 0 aliphatic heterocycles. The fourth-order valence-corrected chi connectivity index (χ4v) is 4.76. The van der Waals surface area contributed by atoms with Crippen LogP contribution >= 0.6 is 22.9 Å². The molecule has 1 amide bonds. The first-order valence-corrected chi connectivity index (χ1v) is 10.9. The normalized spacial score (nSPS) is 11.1. The summed E-state index contributed by atoms with van der Waals surface area (Å²) in [6.07, 6.45) is 0. The average molecular weight is 454 g/mol. The lowest BCUT2D eigenvalue weighted by Gasteiger charge is -2.13. The monoisotopic (exact) mass is 453 g/mol. The van der Waals surface area contributed by atoms with Crippen molar-refractivity contribution in [1.82, 2.24) is 14.5 Å². The zero-order valence-corrected chi connectivity index (χ0v) is 18.6. The van der Waals surface area contributed by atoms with Crippen molar-refractivity contribution in [3.05, 3.63) is 96.5 Å². The number of aromatic nitrogens is 2. The Morgan fingerprint density at radius 3 is 2.52 bits per heavy atom. The molecule has 0 spiro atoms. The highest BCUT2D eigenvalue weighted by Gasteiger charge is 2.21. The van der Waals surface area contributed by atoms with Crippen LogP contribution in [0, 0.1) is 13.8 Å². The summed E-state index contributed by atoms with van der Waals surface area (Å²) in [5, 5.41) is 3.70. The highest BCUT2D eigenvalue weighted by atomic mass is 35.5. The van der Waals surface area contributed by atoms with Crippen molar-refractivity contribution in [3.63, 3.8) is 0 Å². The first-order valence-electron chi connectivity index (χ1n) is 9.69. The summed E-state index contributed by atoms with van der Waals surface area (Å²) < 4.78 is 2.44. The Morgan fingerprint density at radius 2 is 1.81 bits per heavy atom. The minimum Gasteiger partial charge on any atom is -0.350 e. The molecule has 0 fully saturated rings. The van der Waals surface area contributed by atoms with Gasteiger partial charge in [-0.25, -0.2) is 9.36 Å². The van der Waals surface area contributed by atoms with Crippen LogP contribution in [-0.2, 0) is 17.9 Å². The molecule has 0 unspecified atom stereocenters. The second-order valence-electron chi connectivity index (χ2n) is 7.21. The number of carbonyl (C=O) groups excluding carboxylic acids is 1. The third-order valence-electron chi connectivity index (χ3n) is 5.15. The van der Waals surface area contributed by atoms with Crippen molar-refractivity contribution in [2.24, 2.45) is 0 Å². The zero-order valence-electron chi connectivity index (χ0n) is 17.0. The number of amides is 1. The molecule has 2 aromatic heterocycles. The van der Waals surface area contributed by atoms with Gasteiger partial charge in [-0.3, -0.25) is 14.2 Å². The van der Waals surface area contributed by atoms with Crippen molar-refractivity contribution < 1.29 is 4.79 Å². The van der Waals surface area contributed by atoms with Crippen molar-refractivity contribution >= 4 is 39.1 Å². The molecule has 0 aliphatic rings. The average Bonchev–Trinajstić information content (AvgIpc) is 3.05. The van der Waals surface area contributed by atoms with E-state index in [4.69, 9.17) is 11.6 Å². The third kappa shape index (κ3) is 4.06. The van der Waals surface area contributed by atoms with Crippen LogP contribution in [0.5, 0.6) is 0 Å². The largest absolute Gasteiger partial charge is 0.350 e. The van der Waals surface area contributed by atoms with Crippen molar-refractivity contribution in [1.29, 1.82) is 0 Å². The lowest BCUT2D eigenvalue weighted by atomic mass is 10.2. The number of nitrogens with zero attached hydrogens (tertiary/aromatic N) is 2. The molecule has 0 saturated carbocycles. The lowest BCUT2D eigenvalue weighted by molar-refractivity contribution is -0.121. The number of hydrogen-bond donors (Lipinski definition) is 1. The minimum atomic E-state index is -0.573. The van der Waals surface area contributed by atoms with E-state index >= 15 is 0 Å². The second kappa shape index (κ2) is 8.53. The predicted molar refractivity (Wildman–Crippen MR) is 124 cm³/mol. The van der Waals surface area contributed by atoms with Crippen molar-refractivity contribution in [2.45, 2.75) is 26.9 Å². The van der Waals surface area contributed by atoms with Gasteiger partial charge in [0.1, 0.15) is 11.4 Å². The van der Waals surface area contributed by atoms with Gasteiger partial charge in [0.05, 0.1) is 11.1 Å². The summed E-state index contributed by atoms with van der Waals surface area (Å²) in [7, 11) is 0. The van der Waals surface area contributed by atoms with Crippen LogP contribution < -0.4 is 16.6 Å². The molecule has 0 bridgehead atoms. The number of aryl methyl sites for hydroxylation is 2. The van der Waals surface area contributed by atoms with E-state index in [0.29, 0.717) is 27.5 Å². The number of hydrogen-bond acceptors (Lipinski definition) is 4. The van der Waals surface area contributed by atoms with E-state index < -0.39 is 11.2 Å². The standard InChI is InChI=1S/C23H20ClN3O3S/c1-14-15(2)31-22-20(14)21(29)27(18-10-6-9-17(24)11-18)23(30)26(22)13-19(28)25-12-16-7-4-3-5-8-16/h3-11H,12-13H2,1-2H3,(H,25,28). The maximum absolute atomic E-state index is 13.4. The van der Waals surface area contributed by atoms with E-state index in [-0.39, 0.29) is 12.5 Å². The van der Waals surface area contributed by atoms with Gasteiger partial charge in [0.2, 0.25) is 5.91 Å². The fraction of sp³-hybridized carbons (Fsp3) is 0.174. The Balaban J connectivity index is 1.81. The summed E-state index contributed by atoms with van der Waals surface area (Å²) >= 11 is 7.43. The van der Waals surface area contributed by atoms with Crippen molar-refractivity contribution in [2.75, 3.05) is 0 Å². The Kier molecular flexibility index (Phi) is 5.80. The molecule has 1 N–H and O–H groups in total. The van der Waals surface area contributed by atoms with E-state index in [9.17, 15) is 14.4 Å². The van der Waals surface area contributed by atoms with Gasteiger partial charge in [-0.15, -0.1) is 11.3 Å². The highest BCUT2D eigenvalue weighted by molar-refractivity contribution is 7.18. The minimum absolute atomic E-state index is 0.192. The number of benzene rings is 2. The first-order chi connectivity index (χ1) is 14.9. The maximum atomic E-state index is 13.4. The SMILES string of the molecule is Cc1sc2c(c1C)c(=O)n(-c1cccc(Cl)c1)c(=O)n2CC(=O)NCc1ccccc1. The van der Waals surface area contributed by atoms with E-state index in [2.05, 4.69) is 5.32 Å². The molecule has 158 valence electrons. The molecule has 4 rings (SSSR count). The predicted octanol–water partition coefficient (Wildman–Crippen LogP) is 3.80. The van der Waals surface area contributed by atoms with E-state index in [0.717, 1.165) is 20.6 Å². The van der Waals surface area contributed by atoms with Crippen LogP contribution in [0.25, 0.3) is 15.9 Å². The molecule has 0 aliphatic carbocycles.